The van der Waals surface area contributed by atoms with Crippen LogP contribution in [0.5, 0.6) is 5.75 Å². The summed E-state index contributed by atoms with van der Waals surface area (Å²) < 4.78 is 20.9. The summed E-state index contributed by atoms with van der Waals surface area (Å²) in [7, 11) is 0. The second kappa shape index (κ2) is 11.4. The van der Waals surface area contributed by atoms with Crippen molar-refractivity contribution in [3.8, 4) is 11.8 Å². The van der Waals surface area contributed by atoms with Crippen LogP contribution < -0.4 is 10.1 Å². The molecule has 0 aliphatic heterocycles. The normalized spacial score (nSPS) is 11.0. The Bertz CT molecular complexity index is 1180. The van der Waals surface area contributed by atoms with E-state index in [1.165, 1.54) is 17.7 Å². The molecule has 0 heterocycles. The van der Waals surface area contributed by atoms with Gasteiger partial charge in [-0.1, -0.05) is 31.2 Å². The minimum absolute atomic E-state index is 0.00426. The number of benzene rings is 3. The summed E-state index contributed by atoms with van der Waals surface area (Å²) >= 11 is 4.29. The lowest BCUT2D eigenvalue weighted by molar-refractivity contribution is -0.112. The Kier molecular flexibility index (Phi) is 8.64. The number of ether oxygens (including phenoxy) is 1. The first-order chi connectivity index (χ1) is 15.4. The number of carbonyl (C=O) groups excluding carboxylic acids is 1. The van der Waals surface area contributed by atoms with E-state index in [1.54, 1.807) is 18.2 Å². The number of carbonyl (C=O) groups is 1. The van der Waals surface area contributed by atoms with Crippen LogP contribution in [0.25, 0.3) is 6.08 Å². The van der Waals surface area contributed by atoms with E-state index < -0.39 is 5.91 Å². The van der Waals surface area contributed by atoms with Crippen LogP contribution in [0.15, 0.2) is 66.2 Å². The van der Waals surface area contributed by atoms with Crippen molar-refractivity contribution in [1.29, 1.82) is 5.26 Å². The van der Waals surface area contributed by atoms with Crippen LogP contribution in [-0.2, 0) is 17.8 Å². The quantitative estimate of drug-likeness (QED) is 0.175. The minimum atomic E-state index is -0.465. The van der Waals surface area contributed by atoms with Gasteiger partial charge in [0.2, 0.25) is 0 Å². The zero-order valence-corrected chi connectivity index (χ0v) is 21.5. The van der Waals surface area contributed by atoms with Crippen LogP contribution in [0.4, 0.5) is 10.1 Å². The summed E-state index contributed by atoms with van der Waals surface area (Å²) in [5.74, 6) is -0.0978. The molecule has 4 nitrogen and oxygen atoms in total. The molecule has 1 amide bonds. The molecular weight excluding hydrogens is 633 g/mol. The highest BCUT2D eigenvalue weighted by Crippen LogP contribution is 2.30. The Hall–Kier alpha value is -2.45. The molecule has 0 saturated heterocycles. The Balaban J connectivity index is 1.75. The molecule has 32 heavy (non-hydrogen) atoms. The lowest BCUT2D eigenvalue weighted by atomic mass is 10.1. The average molecular weight is 652 g/mol. The molecule has 1 N–H and O–H groups in total. The lowest BCUT2D eigenvalue weighted by Crippen LogP contribution is -2.13. The van der Waals surface area contributed by atoms with E-state index in [2.05, 4.69) is 57.4 Å². The van der Waals surface area contributed by atoms with Gasteiger partial charge in [0.1, 0.15) is 29.8 Å². The predicted octanol–water partition coefficient (Wildman–Crippen LogP) is 6.72. The molecule has 0 atom stereocenters. The van der Waals surface area contributed by atoms with Crippen molar-refractivity contribution < 1.29 is 13.9 Å². The number of halogens is 3. The summed E-state index contributed by atoms with van der Waals surface area (Å²) in [6.07, 6.45) is 2.47. The number of nitriles is 1. The maximum atomic E-state index is 13.4. The van der Waals surface area contributed by atoms with Gasteiger partial charge in [0, 0.05) is 5.69 Å². The maximum absolute atomic E-state index is 13.4. The highest BCUT2D eigenvalue weighted by Gasteiger charge is 2.13. The minimum Gasteiger partial charge on any atom is -0.487 e. The van der Waals surface area contributed by atoms with Crippen molar-refractivity contribution in [3.63, 3.8) is 0 Å². The molecular formula is C25H19FI2N2O2. The van der Waals surface area contributed by atoms with E-state index in [0.717, 1.165) is 19.1 Å². The first kappa shape index (κ1) is 24.2. The molecule has 0 aliphatic carbocycles. The zero-order valence-electron chi connectivity index (χ0n) is 17.2. The predicted molar refractivity (Wildman–Crippen MR) is 141 cm³/mol. The number of rotatable bonds is 7. The molecule has 3 aromatic rings. The standard InChI is InChI=1S/C25H19FI2N2O2/c1-2-16-6-8-21(9-7-16)30-25(31)19(14-29)10-18-12-22(27)24(23(28)13-18)32-15-17-4-3-5-20(26)11-17/h3-13H,2,15H2,1H3,(H,30,31)/b19-10+. The van der Waals surface area contributed by atoms with Crippen molar-refractivity contribution in [2.45, 2.75) is 20.0 Å². The number of anilines is 1. The second-order valence-electron chi connectivity index (χ2n) is 6.91. The van der Waals surface area contributed by atoms with E-state index >= 15 is 0 Å². The number of nitrogens with one attached hydrogen (secondary N) is 1. The van der Waals surface area contributed by atoms with Crippen molar-refractivity contribution in [1.82, 2.24) is 0 Å². The van der Waals surface area contributed by atoms with Crippen molar-refractivity contribution in [2.75, 3.05) is 5.32 Å². The molecule has 0 unspecified atom stereocenters. The summed E-state index contributed by atoms with van der Waals surface area (Å²) in [6, 6.07) is 19.4. The van der Waals surface area contributed by atoms with Crippen LogP contribution in [0, 0.1) is 24.3 Å². The topological polar surface area (TPSA) is 62.1 Å². The Morgan fingerprint density at radius 3 is 2.38 bits per heavy atom. The fourth-order valence-electron chi connectivity index (χ4n) is 2.92. The first-order valence-corrected chi connectivity index (χ1v) is 11.9. The number of aryl methyl sites for hydroxylation is 1. The zero-order chi connectivity index (χ0) is 23.1. The molecule has 0 bridgehead atoms. The highest BCUT2D eigenvalue weighted by atomic mass is 127. The van der Waals surface area contributed by atoms with Gasteiger partial charge in [-0.25, -0.2) is 4.39 Å². The van der Waals surface area contributed by atoms with E-state index in [1.807, 2.05) is 42.5 Å². The third-order valence-corrected chi connectivity index (χ3v) is 6.19. The van der Waals surface area contributed by atoms with Gasteiger partial charge in [0.05, 0.1) is 7.14 Å². The maximum Gasteiger partial charge on any atom is 0.266 e. The van der Waals surface area contributed by atoms with Crippen LogP contribution in [-0.4, -0.2) is 5.91 Å². The van der Waals surface area contributed by atoms with E-state index in [9.17, 15) is 14.4 Å². The number of hydrogen-bond acceptors (Lipinski definition) is 3. The second-order valence-corrected chi connectivity index (χ2v) is 9.23. The van der Waals surface area contributed by atoms with Gasteiger partial charge in [-0.15, -0.1) is 0 Å². The van der Waals surface area contributed by atoms with Crippen molar-refractivity contribution in [2.24, 2.45) is 0 Å². The van der Waals surface area contributed by atoms with Crippen LogP contribution in [0.3, 0.4) is 0 Å². The van der Waals surface area contributed by atoms with Gasteiger partial charge in [0.15, 0.2) is 0 Å². The van der Waals surface area contributed by atoms with E-state index in [0.29, 0.717) is 17.0 Å². The fourth-order valence-corrected chi connectivity index (χ4v) is 5.05. The Morgan fingerprint density at radius 2 is 1.78 bits per heavy atom. The largest absolute Gasteiger partial charge is 0.487 e. The van der Waals surface area contributed by atoms with E-state index in [4.69, 9.17) is 4.74 Å². The van der Waals surface area contributed by atoms with Crippen molar-refractivity contribution >= 4 is 62.9 Å². The van der Waals surface area contributed by atoms with Gasteiger partial charge >= 0.3 is 0 Å². The molecule has 7 heteroatoms. The summed E-state index contributed by atoms with van der Waals surface area (Å²) in [5.41, 5.74) is 3.26. The molecule has 0 aliphatic rings. The lowest BCUT2D eigenvalue weighted by Gasteiger charge is -2.12. The SMILES string of the molecule is CCc1ccc(NC(=O)/C(C#N)=C/c2cc(I)c(OCc3cccc(F)c3)c(I)c2)cc1. The van der Waals surface area contributed by atoms with Gasteiger partial charge in [-0.2, -0.15) is 5.26 Å². The van der Waals surface area contributed by atoms with Gasteiger partial charge in [-0.05, 0) is 111 Å². The monoisotopic (exact) mass is 652 g/mol. The Morgan fingerprint density at radius 1 is 1.09 bits per heavy atom. The summed E-state index contributed by atoms with van der Waals surface area (Å²) in [5, 5.41) is 12.3. The molecule has 0 fully saturated rings. The molecule has 3 aromatic carbocycles. The van der Waals surface area contributed by atoms with Gasteiger partial charge in [-0.3, -0.25) is 4.79 Å². The number of nitrogens with zero attached hydrogens (tertiary/aromatic N) is 1. The smallest absolute Gasteiger partial charge is 0.266 e. The highest BCUT2D eigenvalue weighted by molar-refractivity contribution is 14.1. The third-order valence-electron chi connectivity index (χ3n) is 4.59. The van der Waals surface area contributed by atoms with Gasteiger partial charge < -0.3 is 10.1 Å². The van der Waals surface area contributed by atoms with Crippen molar-refractivity contribution in [3.05, 3.63) is 95.9 Å². The fraction of sp³-hybridized carbons (Fsp3) is 0.120. The molecule has 162 valence electrons. The van der Waals surface area contributed by atoms with E-state index in [-0.39, 0.29) is 18.0 Å². The van der Waals surface area contributed by atoms with Gasteiger partial charge in [0.25, 0.3) is 5.91 Å². The summed E-state index contributed by atoms with van der Waals surface area (Å²) in [6.45, 7) is 2.30. The number of hydrogen-bond donors (Lipinski definition) is 1. The first-order valence-electron chi connectivity index (χ1n) is 9.78. The van der Waals surface area contributed by atoms with Crippen LogP contribution in [0.2, 0.25) is 0 Å². The number of amides is 1. The molecule has 0 saturated carbocycles. The Labute approximate surface area is 213 Å². The molecule has 0 aromatic heterocycles. The third kappa shape index (κ3) is 6.53. The van der Waals surface area contributed by atoms with Crippen LogP contribution >= 0.6 is 45.2 Å². The average Bonchev–Trinajstić information content (AvgIpc) is 2.77. The molecule has 3 rings (SSSR count). The molecule has 0 spiro atoms. The summed E-state index contributed by atoms with van der Waals surface area (Å²) in [4.78, 5) is 12.6. The van der Waals surface area contributed by atoms with Crippen LogP contribution in [0.1, 0.15) is 23.6 Å². The molecule has 0 radical (unpaired) electrons.